The molecular formula is C21H13ClN4O. The Morgan fingerprint density at radius 3 is 2.63 bits per heavy atom. The summed E-state index contributed by atoms with van der Waals surface area (Å²) in [6.07, 6.45) is 3.53. The van der Waals surface area contributed by atoms with E-state index < -0.39 is 0 Å². The molecule has 130 valence electrons. The van der Waals surface area contributed by atoms with Gasteiger partial charge in [0, 0.05) is 28.9 Å². The molecule has 0 bridgehead atoms. The first-order chi connectivity index (χ1) is 13.2. The molecule has 6 heteroatoms. The van der Waals surface area contributed by atoms with Crippen LogP contribution in [0.15, 0.2) is 71.8 Å². The van der Waals surface area contributed by atoms with Crippen LogP contribution in [0.1, 0.15) is 0 Å². The molecule has 0 amide bonds. The standard InChI is InChI=1S/C21H13ClN4O/c22-16-6-2-1-5-14(16)20-25-18-15-8-7-12(13-4-3-9-23-11-13)10-17(15)24-21(27)19(18)26-20/h1-11H,(H,24,27)(H,25,26). The Morgan fingerprint density at radius 2 is 1.81 bits per heavy atom. The highest BCUT2D eigenvalue weighted by molar-refractivity contribution is 6.33. The summed E-state index contributed by atoms with van der Waals surface area (Å²) in [6, 6.07) is 17.2. The number of pyridine rings is 2. The molecule has 2 N–H and O–H groups in total. The maximum atomic E-state index is 12.6. The fourth-order valence-corrected chi connectivity index (χ4v) is 3.49. The van der Waals surface area contributed by atoms with Crippen molar-refractivity contribution in [1.29, 1.82) is 0 Å². The Kier molecular flexibility index (Phi) is 3.55. The number of benzene rings is 2. The summed E-state index contributed by atoms with van der Waals surface area (Å²) < 4.78 is 0. The van der Waals surface area contributed by atoms with Crippen LogP contribution in [0.3, 0.4) is 0 Å². The second-order valence-corrected chi connectivity index (χ2v) is 6.65. The van der Waals surface area contributed by atoms with Crippen molar-refractivity contribution in [2.24, 2.45) is 0 Å². The first-order valence-corrected chi connectivity index (χ1v) is 8.79. The number of rotatable bonds is 2. The number of nitrogens with one attached hydrogen (secondary N) is 2. The fraction of sp³-hybridized carbons (Fsp3) is 0. The maximum Gasteiger partial charge on any atom is 0.274 e. The lowest BCUT2D eigenvalue weighted by molar-refractivity contribution is 1.30. The van der Waals surface area contributed by atoms with E-state index in [2.05, 4.69) is 19.9 Å². The van der Waals surface area contributed by atoms with Gasteiger partial charge in [0.25, 0.3) is 5.56 Å². The molecule has 5 aromatic rings. The second kappa shape index (κ2) is 6.07. The first-order valence-electron chi connectivity index (χ1n) is 8.42. The summed E-state index contributed by atoms with van der Waals surface area (Å²) in [7, 11) is 0. The molecular weight excluding hydrogens is 360 g/mol. The van der Waals surface area contributed by atoms with Gasteiger partial charge in [-0.25, -0.2) is 4.98 Å². The van der Waals surface area contributed by atoms with Gasteiger partial charge in [0.2, 0.25) is 0 Å². The van der Waals surface area contributed by atoms with E-state index in [1.165, 1.54) is 0 Å². The van der Waals surface area contributed by atoms with Crippen LogP contribution < -0.4 is 5.56 Å². The number of nitrogens with zero attached hydrogens (tertiary/aromatic N) is 2. The minimum atomic E-state index is -0.216. The zero-order valence-corrected chi connectivity index (χ0v) is 14.8. The normalized spacial score (nSPS) is 11.3. The van der Waals surface area contributed by atoms with E-state index in [1.54, 1.807) is 18.5 Å². The van der Waals surface area contributed by atoms with Crippen molar-refractivity contribution in [2.75, 3.05) is 0 Å². The topological polar surface area (TPSA) is 74.4 Å². The van der Waals surface area contributed by atoms with E-state index in [4.69, 9.17) is 11.6 Å². The van der Waals surface area contributed by atoms with Gasteiger partial charge >= 0.3 is 0 Å². The lowest BCUT2D eigenvalue weighted by atomic mass is 10.0. The molecule has 0 aliphatic carbocycles. The van der Waals surface area contributed by atoms with E-state index in [1.807, 2.05) is 48.5 Å². The molecule has 0 saturated carbocycles. The van der Waals surface area contributed by atoms with E-state index >= 15 is 0 Å². The van der Waals surface area contributed by atoms with E-state index in [-0.39, 0.29) is 5.56 Å². The molecule has 0 atom stereocenters. The Labute approximate surface area is 158 Å². The van der Waals surface area contributed by atoms with Crippen molar-refractivity contribution < 1.29 is 0 Å². The summed E-state index contributed by atoms with van der Waals surface area (Å²) in [4.78, 5) is 27.5. The van der Waals surface area contributed by atoms with Crippen molar-refractivity contribution >= 4 is 33.5 Å². The molecule has 5 nitrogen and oxygen atoms in total. The molecule has 27 heavy (non-hydrogen) atoms. The molecule has 0 saturated heterocycles. The number of aromatic amines is 2. The number of halogens is 1. The van der Waals surface area contributed by atoms with E-state index in [0.717, 1.165) is 27.6 Å². The number of hydrogen-bond donors (Lipinski definition) is 2. The highest BCUT2D eigenvalue weighted by Crippen LogP contribution is 2.30. The van der Waals surface area contributed by atoms with Gasteiger partial charge in [0.05, 0.1) is 10.5 Å². The Bertz CT molecular complexity index is 1360. The Hall–Kier alpha value is -3.44. The minimum Gasteiger partial charge on any atom is -0.333 e. The highest BCUT2D eigenvalue weighted by Gasteiger charge is 2.14. The average molecular weight is 373 g/mol. The van der Waals surface area contributed by atoms with Gasteiger partial charge in [0.1, 0.15) is 16.9 Å². The summed E-state index contributed by atoms with van der Waals surface area (Å²) in [5, 5.41) is 1.45. The molecule has 3 heterocycles. The predicted molar refractivity (Wildman–Crippen MR) is 108 cm³/mol. The van der Waals surface area contributed by atoms with Crippen molar-refractivity contribution in [1.82, 2.24) is 19.9 Å². The van der Waals surface area contributed by atoms with Gasteiger partial charge in [0.15, 0.2) is 0 Å². The van der Waals surface area contributed by atoms with Crippen molar-refractivity contribution in [3.05, 3.63) is 82.4 Å². The van der Waals surface area contributed by atoms with Gasteiger partial charge in [-0.3, -0.25) is 9.78 Å². The molecule has 0 radical (unpaired) electrons. The van der Waals surface area contributed by atoms with Crippen LogP contribution in [0.5, 0.6) is 0 Å². The second-order valence-electron chi connectivity index (χ2n) is 6.25. The summed E-state index contributed by atoms with van der Waals surface area (Å²) >= 11 is 6.28. The van der Waals surface area contributed by atoms with Gasteiger partial charge in [-0.15, -0.1) is 0 Å². The van der Waals surface area contributed by atoms with Crippen LogP contribution >= 0.6 is 11.6 Å². The number of imidazole rings is 1. The van der Waals surface area contributed by atoms with Crippen LogP contribution in [0, 0.1) is 0 Å². The van der Waals surface area contributed by atoms with Crippen LogP contribution in [0.2, 0.25) is 5.02 Å². The molecule has 3 aromatic heterocycles. The third-order valence-corrected chi connectivity index (χ3v) is 4.91. The maximum absolute atomic E-state index is 12.6. The summed E-state index contributed by atoms with van der Waals surface area (Å²) in [5.74, 6) is 0.574. The summed E-state index contributed by atoms with van der Waals surface area (Å²) in [6.45, 7) is 0. The van der Waals surface area contributed by atoms with Gasteiger partial charge in [-0.05, 0) is 29.8 Å². The molecule has 0 aliphatic heterocycles. The number of hydrogen-bond acceptors (Lipinski definition) is 3. The predicted octanol–water partition coefficient (Wildman–Crippen LogP) is 4.79. The zero-order chi connectivity index (χ0) is 18.4. The van der Waals surface area contributed by atoms with Gasteiger partial charge in [-0.2, -0.15) is 0 Å². The molecule has 0 spiro atoms. The van der Waals surface area contributed by atoms with Gasteiger partial charge < -0.3 is 9.97 Å². The third kappa shape index (κ3) is 2.60. The van der Waals surface area contributed by atoms with Crippen molar-refractivity contribution in [3.63, 3.8) is 0 Å². The number of aromatic nitrogens is 4. The fourth-order valence-electron chi connectivity index (χ4n) is 3.27. The third-order valence-electron chi connectivity index (χ3n) is 4.58. The quantitative estimate of drug-likeness (QED) is 0.468. The van der Waals surface area contributed by atoms with E-state index in [0.29, 0.717) is 21.9 Å². The number of H-pyrrole nitrogens is 2. The lowest BCUT2D eigenvalue weighted by Gasteiger charge is -2.04. The largest absolute Gasteiger partial charge is 0.333 e. The van der Waals surface area contributed by atoms with Crippen LogP contribution in [-0.2, 0) is 0 Å². The van der Waals surface area contributed by atoms with Crippen LogP contribution in [0.4, 0.5) is 0 Å². The SMILES string of the molecule is O=c1[nH]c2cc(-c3cccnc3)ccc2c2nc(-c3ccccc3Cl)[nH]c12. The molecule has 0 unspecified atom stereocenters. The molecule has 5 rings (SSSR count). The zero-order valence-electron chi connectivity index (χ0n) is 14.0. The first kappa shape index (κ1) is 15.8. The number of fused-ring (bicyclic) bond motifs is 3. The Balaban J connectivity index is 1.75. The highest BCUT2D eigenvalue weighted by atomic mass is 35.5. The molecule has 0 aliphatic rings. The van der Waals surface area contributed by atoms with Crippen molar-refractivity contribution in [3.8, 4) is 22.5 Å². The minimum absolute atomic E-state index is 0.216. The smallest absolute Gasteiger partial charge is 0.274 e. The van der Waals surface area contributed by atoms with Crippen molar-refractivity contribution in [2.45, 2.75) is 0 Å². The average Bonchev–Trinajstić information content (AvgIpc) is 3.15. The monoisotopic (exact) mass is 372 g/mol. The molecule has 0 fully saturated rings. The lowest BCUT2D eigenvalue weighted by Crippen LogP contribution is -2.06. The molecule has 2 aromatic carbocycles. The van der Waals surface area contributed by atoms with Crippen LogP contribution in [0.25, 0.3) is 44.5 Å². The summed E-state index contributed by atoms with van der Waals surface area (Å²) in [5.41, 5.74) is 4.30. The Morgan fingerprint density at radius 1 is 0.926 bits per heavy atom. The van der Waals surface area contributed by atoms with E-state index in [9.17, 15) is 4.79 Å². The van der Waals surface area contributed by atoms with Crippen LogP contribution in [-0.4, -0.2) is 19.9 Å². The van der Waals surface area contributed by atoms with Gasteiger partial charge in [-0.1, -0.05) is 41.9 Å².